The van der Waals surface area contributed by atoms with Gasteiger partial charge in [-0.1, -0.05) is 6.92 Å². The lowest BCUT2D eigenvalue weighted by Gasteiger charge is -2.13. The van der Waals surface area contributed by atoms with Crippen LogP contribution < -0.4 is 4.74 Å². The molecule has 0 radical (unpaired) electrons. The van der Waals surface area contributed by atoms with Crippen molar-refractivity contribution in [3.63, 3.8) is 0 Å². The van der Waals surface area contributed by atoms with Gasteiger partial charge in [0.05, 0.1) is 6.61 Å². The maximum atomic E-state index is 11.8. The van der Waals surface area contributed by atoms with E-state index in [2.05, 4.69) is 0 Å². The first-order chi connectivity index (χ1) is 10.5. The Balaban J connectivity index is 2.63. The van der Waals surface area contributed by atoms with Crippen molar-refractivity contribution in [2.75, 3.05) is 6.61 Å². The summed E-state index contributed by atoms with van der Waals surface area (Å²) in [5.41, 5.74) is 1.17. The van der Waals surface area contributed by atoms with E-state index in [0.717, 1.165) is 17.8 Å². The number of benzene rings is 1. The highest BCUT2D eigenvalue weighted by molar-refractivity contribution is 7.12. The molecule has 2 N–H and O–H groups in total. The molecular formula is C16H16O5S. The third kappa shape index (κ3) is 3.12. The molecule has 0 bridgehead atoms. The molecule has 6 heteroatoms. The lowest BCUT2D eigenvalue weighted by Crippen LogP contribution is -2.02. The van der Waals surface area contributed by atoms with Crippen LogP contribution in [-0.2, 0) is 0 Å². The van der Waals surface area contributed by atoms with Crippen molar-refractivity contribution < 1.29 is 24.5 Å². The number of carboxylic acids is 1. The van der Waals surface area contributed by atoms with Crippen LogP contribution in [0.15, 0.2) is 23.6 Å². The predicted octanol–water partition coefficient (Wildman–Crippen LogP) is 3.81. The molecule has 0 spiro atoms. The molecule has 0 aliphatic carbocycles. The predicted molar refractivity (Wildman–Crippen MR) is 84.2 cm³/mol. The Morgan fingerprint density at radius 2 is 2.00 bits per heavy atom. The number of aromatic carboxylic acids is 1. The molecule has 116 valence electrons. The minimum atomic E-state index is -1.05. The monoisotopic (exact) mass is 320 g/mol. The number of hydrogen-bond acceptors (Lipinski definition) is 5. The van der Waals surface area contributed by atoms with Crippen molar-refractivity contribution in [1.29, 1.82) is 0 Å². The lowest BCUT2D eigenvalue weighted by molar-refractivity contribution is 0.0702. The van der Waals surface area contributed by atoms with Gasteiger partial charge in [0.15, 0.2) is 17.3 Å². The van der Waals surface area contributed by atoms with Crippen LogP contribution in [-0.4, -0.2) is 28.6 Å². The summed E-state index contributed by atoms with van der Waals surface area (Å²) >= 11 is 1.09. The Kier molecular flexibility index (Phi) is 4.82. The second-order valence-corrected chi connectivity index (χ2v) is 5.65. The van der Waals surface area contributed by atoms with Gasteiger partial charge in [-0.05, 0) is 42.5 Å². The second-order valence-electron chi connectivity index (χ2n) is 4.74. The van der Waals surface area contributed by atoms with Crippen LogP contribution in [0.1, 0.15) is 40.3 Å². The van der Waals surface area contributed by atoms with Gasteiger partial charge in [-0.2, -0.15) is 0 Å². The van der Waals surface area contributed by atoms with Crippen LogP contribution in [0.2, 0.25) is 0 Å². The van der Waals surface area contributed by atoms with Crippen LogP contribution in [0.3, 0.4) is 0 Å². The van der Waals surface area contributed by atoms with Gasteiger partial charge in [0.2, 0.25) is 0 Å². The summed E-state index contributed by atoms with van der Waals surface area (Å²) in [6.45, 7) is 3.73. The number of phenols is 1. The van der Waals surface area contributed by atoms with Gasteiger partial charge in [-0.3, -0.25) is 4.79 Å². The zero-order chi connectivity index (χ0) is 16.3. The highest BCUT2D eigenvalue weighted by atomic mass is 32.1. The molecule has 0 fully saturated rings. The summed E-state index contributed by atoms with van der Waals surface area (Å²) in [7, 11) is 0. The molecule has 1 aromatic carbocycles. The fourth-order valence-corrected chi connectivity index (χ4v) is 2.84. The van der Waals surface area contributed by atoms with Gasteiger partial charge < -0.3 is 14.9 Å². The molecule has 22 heavy (non-hydrogen) atoms. The van der Waals surface area contributed by atoms with E-state index in [1.54, 1.807) is 11.4 Å². The van der Waals surface area contributed by atoms with Crippen molar-refractivity contribution in [3.8, 4) is 22.6 Å². The van der Waals surface area contributed by atoms with Gasteiger partial charge >= 0.3 is 5.97 Å². The zero-order valence-corrected chi connectivity index (χ0v) is 13.1. The zero-order valence-electron chi connectivity index (χ0n) is 12.3. The Morgan fingerprint density at radius 1 is 1.27 bits per heavy atom. The number of carboxylic acid groups (broad SMARTS) is 1. The number of ether oxygens (including phenoxy) is 1. The van der Waals surface area contributed by atoms with E-state index in [0.29, 0.717) is 17.7 Å². The molecule has 0 amide bonds. The number of thiophene rings is 1. The van der Waals surface area contributed by atoms with E-state index >= 15 is 0 Å². The molecule has 0 atom stereocenters. The average molecular weight is 320 g/mol. The Morgan fingerprint density at radius 3 is 2.59 bits per heavy atom. The Labute approximate surface area is 131 Å². The number of Topliss-reactive ketones (excluding diaryl/α,β-unsaturated/α-hetero) is 1. The summed E-state index contributed by atoms with van der Waals surface area (Å²) in [6, 6.07) is 4.50. The molecule has 2 rings (SSSR count). The summed E-state index contributed by atoms with van der Waals surface area (Å²) in [5.74, 6) is -1.20. The van der Waals surface area contributed by atoms with Crippen LogP contribution in [0.5, 0.6) is 11.5 Å². The molecule has 2 aromatic rings. The molecule has 1 heterocycles. The van der Waals surface area contributed by atoms with Gasteiger partial charge in [0.1, 0.15) is 4.88 Å². The minimum Gasteiger partial charge on any atom is -0.504 e. The highest BCUT2D eigenvalue weighted by Crippen LogP contribution is 2.38. The summed E-state index contributed by atoms with van der Waals surface area (Å²) < 4.78 is 5.45. The maximum Gasteiger partial charge on any atom is 0.346 e. The van der Waals surface area contributed by atoms with E-state index < -0.39 is 5.97 Å². The first-order valence-corrected chi connectivity index (χ1v) is 7.65. The topological polar surface area (TPSA) is 83.8 Å². The summed E-state index contributed by atoms with van der Waals surface area (Å²) in [5, 5.41) is 20.9. The van der Waals surface area contributed by atoms with E-state index in [9.17, 15) is 19.8 Å². The standard InChI is InChI=1S/C16H16O5S/c1-3-5-21-14-8-12(11(9(2)17)7-13(14)18)10-4-6-22-15(10)16(19)20/h4,6-8,18H,3,5H2,1-2H3,(H,19,20). The number of carbonyl (C=O) groups excluding carboxylic acids is 1. The number of phenolic OH excluding ortho intramolecular Hbond substituents is 1. The van der Waals surface area contributed by atoms with Gasteiger partial charge in [0.25, 0.3) is 0 Å². The van der Waals surface area contributed by atoms with E-state index in [1.165, 1.54) is 19.1 Å². The van der Waals surface area contributed by atoms with Crippen molar-refractivity contribution in [2.24, 2.45) is 0 Å². The quantitative estimate of drug-likeness (QED) is 0.791. The van der Waals surface area contributed by atoms with Crippen LogP contribution in [0.4, 0.5) is 0 Å². The second kappa shape index (κ2) is 6.62. The average Bonchev–Trinajstić information content (AvgIpc) is 2.95. The normalized spacial score (nSPS) is 10.5. The SMILES string of the molecule is CCCOc1cc(-c2ccsc2C(=O)O)c(C(C)=O)cc1O. The van der Waals surface area contributed by atoms with Crippen LogP contribution in [0.25, 0.3) is 11.1 Å². The Bertz CT molecular complexity index is 717. The van der Waals surface area contributed by atoms with Gasteiger partial charge in [-0.15, -0.1) is 11.3 Å². The molecule has 0 saturated heterocycles. The molecule has 0 unspecified atom stereocenters. The summed E-state index contributed by atoms with van der Waals surface area (Å²) in [6.07, 6.45) is 0.766. The number of carbonyl (C=O) groups is 2. The smallest absolute Gasteiger partial charge is 0.346 e. The van der Waals surface area contributed by atoms with Crippen molar-refractivity contribution >= 4 is 23.1 Å². The van der Waals surface area contributed by atoms with Crippen molar-refractivity contribution in [1.82, 2.24) is 0 Å². The number of hydrogen-bond donors (Lipinski definition) is 2. The van der Waals surface area contributed by atoms with Crippen molar-refractivity contribution in [3.05, 3.63) is 34.0 Å². The number of aromatic hydroxyl groups is 1. The fraction of sp³-hybridized carbons (Fsp3) is 0.250. The van der Waals surface area contributed by atoms with Crippen LogP contribution in [0, 0.1) is 0 Å². The third-order valence-corrected chi connectivity index (χ3v) is 3.99. The maximum absolute atomic E-state index is 11.8. The lowest BCUT2D eigenvalue weighted by atomic mass is 9.97. The molecule has 5 nitrogen and oxygen atoms in total. The first kappa shape index (κ1) is 16.0. The third-order valence-electron chi connectivity index (χ3n) is 3.09. The van der Waals surface area contributed by atoms with E-state index in [1.807, 2.05) is 6.92 Å². The van der Waals surface area contributed by atoms with E-state index in [4.69, 9.17) is 4.74 Å². The molecular weight excluding hydrogens is 304 g/mol. The minimum absolute atomic E-state index is 0.130. The van der Waals surface area contributed by atoms with Gasteiger partial charge in [0, 0.05) is 11.1 Å². The molecule has 0 saturated carbocycles. The van der Waals surface area contributed by atoms with E-state index in [-0.39, 0.29) is 27.7 Å². The number of rotatable bonds is 6. The summed E-state index contributed by atoms with van der Waals surface area (Å²) in [4.78, 5) is 23.3. The van der Waals surface area contributed by atoms with Crippen molar-refractivity contribution in [2.45, 2.75) is 20.3 Å². The highest BCUT2D eigenvalue weighted by Gasteiger charge is 2.20. The largest absolute Gasteiger partial charge is 0.504 e. The first-order valence-electron chi connectivity index (χ1n) is 6.77. The van der Waals surface area contributed by atoms with Gasteiger partial charge in [-0.25, -0.2) is 4.79 Å². The molecule has 0 aliphatic rings. The molecule has 0 aliphatic heterocycles. The molecule has 1 aromatic heterocycles. The Hall–Kier alpha value is -2.34. The van der Waals surface area contributed by atoms with Crippen LogP contribution >= 0.6 is 11.3 Å². The fourth-order valence-electron chi connectivity index (χ4n) is 2.10. The number of ketones is 1.